The van der Waals surface area contributed by atoms with E-state index >= 15 is 0 Å². The van der Waals surface area contributed by atoms with Gasteiger partial charge in [-0.05, 0) is 48.9 Å². The molecule has 0 N–H and O–H groups in total. The first kappa shape index (κ1) is 17.7. The Labute approximate surface area is 147 Å². The second kappa shape index (κ2) is 7.01. The summed E-state index contributed by atoms with van der Waals surface area (Å²) in [6, 6.07) is 11.2. The molecule has 1 aliphatic rings. The number of benzene rings is 2. The molecule has 0 atom stereocenters. The van der Waals surface area contributed by atoms with E-state index in [1.165, 1.54) is 16.4 Å². The Kier molecular flexibility index (Phi) is 4.96. The van der Waals surface area contributed by atoms with Crippen molar-refractivity contribution in [3.63, 3.8) is 0 Å². The van der Waals surface area contributed by atoms with Gasteiger partial charge in [-0.2, -0.15) is 4.31 Å². The molecule has 5 nitrogen and oxygen atoms in total. The van der Waals surface area contributed by atoms with Gasteiger partial charge in [0.2, 0.25) is 10.0 Å². The first-order valence-electron chi connectivity index (χ1n) is 8.07. The average Bonchev–Trinajstić information content (AvgIpc) is 2.61. The number of aryl methyl sites for hydroxylation is 1. The van der Waals surface area contributed by atoms with Crippen LogP contribution >= 0.6 is 0 Å². The first-order valence-corrected chi connectivity index (χ1v) is 9.51. The molecule has 0 bridgehead atoms. The van der Waals surface area contributed by atoms with E-state index in [9.17, 15) is 12.8 Å². The Morgan fingerprint density at radius 2 is 1.76 bits per heavy atom. The lowest BCUT2D eigenvalue weighted by Gasteiger charge is -2.35. The lowest BCUT2D eigenvalue weighted by Crippen LogP contribution is -2.48. The molecule has 0 spiro atoms. The molecular weight excluding hydrogens is 343 g/mol. The second-order valence-electron chi connectivity index (χ2n) is 6.00. The lowest BCUT2D eigenvalue weighted by molar-refractivity contribution is 0.384. The minimum Gasteiger partial charge on any atom is -0.496 e. The minimum absolute atomic E-state index is 0.269. The number of piperazine rings is 1. The summed E-state index contributed by atoms with van der Waals surface area (Å²) in [5.74, 6) is 0.371. The van der Waals surface area contributed by atoms with Crippen molar-refractivity contribution in [1.82, 2.24) is 4.31 Å². The zero-order valence-corrected chi connectivity index (χ0v) is 15.1. The maximum absolute atomic E-state index is 13.4. The quantitative estimate of drug-likeness (QED) is 0.837. The zero-order chi connectivity index (χ0) is 18.0. The van der Waals surface area contributed by atoms with Gasteiger partial charge in [0.05, 0.1) is 12.0 Å². The summed E-state index contributed by atoms with van der Waals surface area (Å²) in [5.41, 5.74) is 1.55. The van der Waals surface area contributed by atoms with E-state index < -0.39 is 10.0 Å². The first-order chi connectivity index (χ1) is 11.9. The summed E-state index contributed by atoms with van der Waals surface area (Å²) in [7, 11) is -1.99. The molecule has 1 fully saturated rings. The van der Waals surface area contributed by atoms with Crippen molar-refractivity contribution < 1.29 is 17.5 Å². The SMILES string of the molecule is COc1ccc(S(=O)(=O)N2CCN(c3cccc(F)c3)CC2)cc1C. The third kappa shape index (κ3) is 3.62. The third-order valence-electron chi connectivity index (χ3n) is 4.42. The molecule has 0 unspecified atom stereocenters. The summed E-state index contributed by atoms with van der Waals surface area (Å²) < 4.78 is 45.7. The Hall–Kier alpha value is -2.12. The monoisotopic (exact) mass is 364 g/mol. The summed E-state index contributed by atoms with van der Waals surface area (Å²) in [6.45, 7) is 3.60. The van der Waals surface area contributed by atoms with Crippen molar-refractivity contribution >= 4 is 15.7 Å². The number of methoxy groups -OCH3 is 1. The number of anilines is 1. The van der Waals surface area contributed by atoms with Crippen LogP contribution in [0.15, 0.2) is 47.4 Å². The third-order valence-corrected chi connectivity index (χ3v) is 6.31. The van der Waals surface area contributed by atoms with Crippen molar-refractivity contribution in [2.45, 2.75) is 11.8 Å². The highest BCUT2D eigenvalue weighted by Crippen LogP contribution is 2.25. The molecular formula is C18H21FN2O3S. The average molecular weight is 364 g/mol. The molecule has 7 heteroatoms. The van der Waals surface area contributed by atoms with Crippen molar-refractivity contribution in [3.05, 3.63) is 53.8 Å². The van der Waals surface area contributed by atoms with Crippen molar-refractivity contribution in [2.75, 3.05) is 38.2 Å². The summed E-state index contributed by atoms with van der Waals surface area (Å²) >= 11 is 0. The molecule has 134 valence electrons. The highest BCUT2D eigenvalue weighted by Gasteiger charge is 2.29. The fraction of sp³-hybridized carbons (Fsp3) is 0.333. The van der Waals surface area contributed by atoms with Gasteiger partial charge in [-0.1, -0.05) is 6.07 Å². The van der Waals surface area contributed by atoms with Crippen LogP contribution in [0.1, 0.15) is 5.56 Å². The highest BCUT2D eigenvalue weighted by molar-refractivity contribution is 7.89. The largest absolute Gasteiger partial charge is 0.496 e. The van der Waals surface area contributed by atoms with E-state index in [2.05, 4.69) is 0 Å². The fourth-order valence-electron chi connectivity index (χ4n) is 3.02. The van der Waals surface area contributed by atoms with Crippen molar-refractivity contribution in [1.29, 1.82) is 0 Å². The Balaban J connectivity index is 1.74. The molecule has 2 aromatic rings. The maximum atomic E-state index is 13.4. The molecule has 1 saturated heterocycles. The number of hydrogen-bond donors (Lipinski definition) is 0. The molecule has 25 heavy (non-hydrogen) atoms. The van der Waals surface area contributed by atoms with E-state index in [0.29, 0.717) is 31.9 Å². The van der Waals surface area contributed by atoms with Crippen LogP contribution in [0, 0.1) is 12.7 Å². The van der Waals surface area contributed by atoms with E-state index in [0.717, 1.165) is 11.3 Å². The summed E-state index contributed by atoms with van der Waals surface area (Å²) in [4.78, 5) is 2.26. The van der Waals surface area contributed by atoms with Crippen LogP contribution in [0.2, 0.25) is 0 Å². The molecule has 2 aromatic carbocycles. The van der Waals surface area contributed by atoms with Gasteiger partial charge in [-0.25, -0.2) is 12.8 Å². The van der Waals surface area contributed by atoms with E-state index in [1.54, 1.807) is 31.4 Å². The molecule has 0 amide bonds. The predicted octanol–water partition coefficient (Wildman–Crippen LogP) is 2.65. The zero-order valence-electron chi connectivity index (χ0n) is 14.3. The van der Waals surface area contributed by atoms with Gasteiger partial charge in [0.1, 0.15) is 11.6 Å². The van der Waals surface area contributed by atoms with Gasteiger partial charge >= 0.3 is 0 Å². The van der Waals surface area contributed by atoms with Crippen LogP contribution in [0.25, 0.3) is 0 Å². The predicted molar refractivity (Wildman–Crippen MR) is 95.1 cm³/mol. The normalized spacial score (nSPS) is 16.0. The van der Waals surface area contributed by atoms with Crippen LogP contribution in [-0.2, 0) is 10.0 Å². The molecule has 0 saturated carbocycles. The number of ether oxygens (including phenoxy) is 1. The van der Waals surface area contributed by atoms with Crippen molar-refractivity contribution in [2.24, 2.45) is 0 Å². The van der Waals surface area contributed by atoms with Crippen LogP contribution in [-0.4, -0.2) is 46.0 Å². The Morgan fingerprint density at radius 3 is 2.36 bits per heavy atom. The number of nitrogens with zero attached hydrogens (tertiary/aromatic N) is 2. The summed E-state index contributed by atoms with van der Waals surface area (Å²) in [5, 5.41) is 0. The molecule has 1 aliphatic heterocycles. The Bertz CT molecular complexity index is 862. The molecule has 0 aromatic heterocycles. The number of halogens is 1. The van der Waals surface area contributed by atoms with Crippen LogP contribution in [0.3, 0.4) is 0 Å². The second-order valence-corrected chi connectivity index (χ2v) is 7.94. The van der Waals surface area contributed by atoms with Gasteiger partial charge in [0, 0.05) is 31.9 Å². The van der Waals surface area contributed by atoms with Gasteiger partial charge in [-0.3, -0.25) is 0 Å². The van der Waals surface area contributed by atoms with Gasteiger partial charge in [-0.15, -0.1) is 0 Å². The van der Waals surface area contributed by atoms with Crippen LogP contribution in [0.4, 0.5) is 10.1 Å². The summed E-state index contributed by atoms with van der Waals surface area (Å²) in [6.07, 6.45) is 0. The fourth-order valence-corrected chi connectivity index (χ4v) is 4.53. The topological polar surface area (TPSA) is 49.9 Å². The molecule has 3 rings (SSSR count). The number of sulfonamides is 1. The number of hydrogen-bond acceptors (Lipinski definition) is 4. The van der Waals surface area contributed by atoms with Gasteiger partial charge in [0.15, 0.2) is 0 Å². The van der Waals surface area contributed by atoms with E-state index in [-0.39, 0.29) is 10.7 Å². The van der Waals surface area contributed by atoms with Gasteiger partial charge < -0.3 is 9.64 Å². The van der Waals surface area contributed by atoms with E-state index in [4.69, 9.17) is 4.74 Å². The Morgan fingerprint density at radius 1 is 1.04 bits per heavy atom. The van der Waals surface area contributed by atoms with E-state index in [1.807, 2.05) is 17.9 Å². The minimum atomic E-state index is -3.55. The molecule has 0 aliphatic carbocycles. The standard InChI is InChI=1S/C18H21FN2O3S/c1-14-12-17(6-7-18(14)24-2)25(22,23)21-10-8-20(9-11-21)16-5-3-4-15(19)13-16/h3-7,12-13H,8-11H2,1-2H3. The molecule has 0 radical (unpaired) electrons. The number of rotatable bonds is 4. The van der Waals surface area contributed by atoms with Crippen LogP contribution in [0.5, 0.6) is 5.75 Å². The van der Waals surface area contributed by atoms with Gasteiger partial charge in [0.25, 0.3) is 0 Å². The maximum Gasteiger partial charge on any atom is 0.243 e. The lowest BCUT2D eigenvalue weighted by atomic mass is 10.2. The smallest absolute Gasteiger partial charge is 0.243 e. The van der Waals surface area contributed by atoms with Crippen LogP contribution < -0.4 is 9.64 Å². The molecule has 1 heterocycles. The highest BCUT2D eigenvalue weighted by atomic mass is 32.2. The van der Waals surface area contributed by atoms with Crippen molar-refractivity contribution in [3.8, 4) is 5.75 Å².